The van der Waals surface area contributed by atoms with E-state index >= 15 is 0 Å². The van der Waals surface area contributed by atoms with Crippen LogP contribution in [-0.2, 0) is 0 Å². The molecule has 6 heteroatoms. The number of H-pyrrole nitrogens is 1. The molecule has 3 aromatic rings. The Morgan fingerprint density at radius 2 is 1.83 bits per heavy atom. The maximum atomic E-state index is 13.1. The number of hydrogen-bond acceptors (Lipinski definition) is 3. The van der Waals surface area contributed by atoms with Crippen molar-refractivity contribution in [2.24, 2.45) is 0 Å². The van der Waals surface area contributed by atoms with Crippen molar-refractivity contribution >= 4 is 16.8 Å². The molecule has 5 nitrogen and oxygen atoms in total. The lowest BCUT2D eigenvalue weighted by Gasteiger charge is -2.27. The van der Waals surface area contributed by atoms with Crippen molar-refractivity contribution in [2.45, 2.75) is 0 Å². The molecule has 1 amide bonds. The van der Waals surface area contributed by atoms with Gasteiger partial charge in [-0.05, 0) is 42.5 Å². The van der Waals surface area contributed by atoms with E-state index in [2.05, 4.69) is 15.5 Å². The number of nitrogens with zero attached hydrogens (tertiary/aromatic N) is 2. The van der Waals surface area contributed by atoms with Gasteiger partial charge in [0.05, 0.1) is 11.2 Å². The number of nitrogens with one attached hydrogen (secondary N) is 2. The van der Waals surface area contributed by atoms with Gasteiger partial charge < -0.3 is 10.2 Å². The van der Waals surface area contributed by atoms with Gasteiger partial charge in [0.1, 0.15) is 5.82 Å². The highest BCUT2D eigenvalue weighted by molar-refractivity contribution is 6.01. The second-order valence-electron chi connectivity index (χ2n) is 5.88. The van der Waals surface area contributed by atoms with Crippen molar-refractivity contribution in [1.29, 1.82) is 0 Å². The average molecular weight is 324 g/mol. The van der Waals surface area contributed by atoms with Crippen LogP contribution in [-0.4, -0.2) is 47.2 Å². The molecule has 1 saturated heterocycles. The van der Waals surface area contributed by atoms with Crippen LogP contribution >= 0.6 is 0 Å². The summed E-state index contributed by atoms with van der Waals surface area (Å²) in [5, 5.41) is 11.4. The van der Waals surface area contributed by atoms with Crippen molar-refractivity contribution in [1.82, 2.24) is 20.4 Å². The summed E-state index contributed by atoms with van der Waals surface area (Å²) >= 11 is 0. The monoisotopic (exact) mass is 324 g/mol. The maximum Gasteiger partial charge on any atom is 0.253 e. The first kappa shape index (κ1) is 14.8. The minimum absolute atomic E-state index is 0.0321. The predicted octanol–water partition coefficient (Wildman–Crippen LogP) is 2.41. The number of rotatable bonds is 2. The highest BCUT2D eigenvalue weighted by Gasteiger charge is 2.19. The molecule has 4 rings (SSSR count). The minimum Gasteiger partial charge on any atom is -0.336 e. The predicted molar refractivity (Wildman–Crippen MR) is 90.3 cm³/mol. The lowest BCUT2D eigenvalue weighted by molar-refractivity contribution is 0.0736. The van der Waals surface area contributed by atoms with E-state index in [0.717, 1.165) is 35.2 Å². The van der Waals surface area contributed by atoms with Crippen LogP contribution in [0, 0.1) is 5.82 Å². The number of amides is 1. The number of halogens is 1. The molecule has 1 aliphatic rings. The van der Waals surface area contributed by atoms with Gasteiger partial charge in [0.15, 0.2) is 0 Å². The Morgan fingerprint density at radius 3 is 2.58 bits per heavy atom. The first-order chi connectivity index (χ1) is 11.7. The van der Waals surface area contributed by atoms with Crippen LogP contribution in [0.1, 0.15) is 10.4 Å². The number of aromatic nitrogens is 2. The third-order valence-corrected chi connectivity index (χ3v) is 4.33. The topological polar surface area (TPSA) is 61.0 Å². The zero-order valence-electron chi connectivity index (χ0n) is 13.1. The highest BCUT2D eigenvalue weighted by atomic mass is 19.1. The molecule has 1 fully saturated rings. The molecular formula is C18H17FN4O. The molecular weight excluding hydrogens is 307 g/mol. The van der Waals surface area contributed by atoms with Gasteiger partial charge in [-0.2, -0.15) is 5.10 Å². The Balaban J connectivity index is 1.72. The summed E-state index contributed by atoms with van der Waals surface area (Å²) < 4.78 is 13.1. The van der Waals surface area contributed by atoms with Gasteiger partial charge in [-0.1, -0.05) is 0 Å². The lowest BCUT2D eigenvalue weighted by atomic mass is 10.0. The van der Waals surface area contributed by atoms with Crippen LogP contribution in [0.4, 0.5) is 4.39 Å². The average Bonchev–Trinajstić information content (AvgIpc) is 3.05. The molecule has 0 aliphatic carbocycles. The second-order valence-corrected chi connectivity index (χ2v) is 5.88. The third-order valence-electron chi connectivity index (χ3n) is 4.33. The number of piperazine rings is 1. The van der Waals surface area contributed by atoms with Crippen LogP contribution in [0.3, 0.4) is 0 Å². The minimum atomic E-state index is -0.284. The molecule has 0 saturated carbocycles. The molecule has 1 aromatic heterocycles. The van der Waals surface area contributed by atoms with Crippen LogP contribution in [0.25, 0.3) is 22.2 Å². The van der Waals surface area contributed by atoms with E-state index in [1.165, 1.54) is 12.1 Å². The summed E-state index contributed by atoms with van der Waals surface area (Å²) in [6.07, 6.45) is 0. The number of carbonyl (C=O) groups excluding carboxylic acids is 1. The molecule has 2 aromatic carbocycles. The Morgan fingerprint density at radius 1 is 1.08 bits per heavy atom. The number of benzene rings is 2. The molecule has 0 atom stereocenters. The van der Waals surface area contributed by atoms with Crippen molar-refractivity contribution in [3.8, 4) is 11.3 Å². The Bertz CT molecular complexity index is 882. The zero-order chi connectivity index (χ0) is 16.5. The fourth-order valence-electron chi connectivity index (χ4n) is 3.03. The van der Waals surface area contributed by atoms with Crippen LogP contribution in [0.5, 0.6) is 0 Å². The number of carbonyl (C=O) groups is 1. The summed E-state index contributed by atoms with van der Waals surface area (Å²) in [6, 6.07) is 11.7. The van der Waals surface area contributed by atoms with Crippen LogP contribution in [0.15, 0.2) is 42.5 Å². The molecule has 0 bridgehead atoms. The molecule has 2 heterocycles. The summed E-state index contributed by atoms with van der Waals surface area (Å²) in [6.45, 7) is 3.07. The normalized spacial score (nSPS) is 15.0. The Hall–Kier alpha value is -2.73. The van der Waals surface area contributed by atoms with Crippen LogP contribution in [0.2, 0.25) is 0 Å². The van der Waals surface area contributed by atoms with Crippen molar-refractivity contribution in [2.75, 3.05) is 26.2 Å². The molecule has 0 spiro atoms. The van der Waals surface area contributed by atoms with Gasteiger partial charge >= 0.3 is 0 Å². The Kier molecular flexibility index (Phi) is 3.74. The number of fused-ring (bicyclic) bond motifs is 1. The van der Waals surface area contributed by atoms with Crippen molar-refractivity contribution in [3.63, 3.8) is 0 Å². The van der Waals surface area contributed by atoms with Crippen molar-refractivity contribution in [3.05, 3.63) is 53.8 Å². The first-order valence-corrected chi connectivity index (χ1v) is 7.96. The smallest absolute Gasteiger partial charge is 0.253 e. The van der Waals surface area contributed by atoms with Crippen molar-refractivity contribution < 1.29 is 9.18 Å². The molecule has 0 unspecified atom stereocenters. The fraction of sp³-hybridized carbons (Fsp3) is 0.222. The fourth-order valence-corrected chi connectivity index (χ4v) is 3.03. The van der Waals surface area contributed by atoms with Gasteiger partial charge in [-0.25, -0.2) is 4.39 Å². The van der Waals surface area contributed by atoms with Gasteiger partial charge in [-0.15, -0.1) is 0 Å². The molecule has 0 radical (unpaired) electrons. The Labute approximate surface area is 138 Å². The van der Waals surface area contributed by atoms with E-state index in [9.17, 15) is 9.18 Å². The van der Waals surface area contributed by atoms with Gasteiger partial charge in [0.2, 0.25) is 0 Å². The van der Waals surface area contributed by atoms with Gasteiger partial charge in [-0.3, -0.25) is 9.89 Å². The maximum absolute atomic E-state index is 13.1. The quantitative estimate of drug-likeness (QED) is 0.761. The molecule has 1 aliphatic heterocycles. The summed E-state index contributed by atoms with van der Waals surface area (Å²) in [4.78, 5) is 14.5. The molecule has 24 heavy (non-hydrogen) atoms. The van der Waals surface area contributed by atoms with Gasteiger partial charge in [0.25, 0.3) is 5.91 Å². The van der Waals surface area contributed by atoms with E-state index in [0.29, 0.717) is 18.7 Å². The van der Waals surface area contributed by atoms with E-state index in [1.54, 1.807) is 12.1 Å². The lowest BCUT2D eigenvalue weighted by Crippen LogP contribution is -2.46. The van der Waals surface area contributed by atoms with E-state index in [4.69, 9.17) is 0 Å². The third kappa shape index (κ3) is 2.65. The number of aromatic amines is 1. The summed E-state index contributed by atoms with van der Waals surface area (Å²) in [7, 11) is 0. The first-order valence-electron chi connectivity index (χ1n) is 7.96. The standard InChI is InChI=1S/C18H17FN4O/c19-14-4-1-12(2-5-14)17-15-11-13(3-6-16(15)21-22-17)18(24)23-9-7-20-8-10-23/h1-6,11,20H,7-10H2,(H,21,22). The van der Waals surface area contributed by atoms with Crippen LogP contribution < -0.4 is 5.32 Å². The zero-order valence-corrected chi connectivity index (χ0v) is 13.1. The summed E-state index contributed by atoms with van der Waals surface area (Å²) in [5.41, 5.74) is 3.04. The van der Waals surface area contributed by atoms with E-state index < -0.39 is 0 Å². The SMILES string of the molecule is O=C(c1ccc2[nH]nc(-c3ccc(F)cc3)c2c1)N1CCNCC1. The summed E-state index contributed by atoms with van der Waals surface area (Å²) in [5.74, 6) is -0.252. The van der Waals surface area contributed by atoms with Gasteiger partial charge in [0, 0.05) is 42.7 Å². The highest BCUT2D eigenvalue weighted by Crippen LogP contribution is 2.27. The number of hydrogen-bond donors (Lipinski definition) is 2. The second kappa shape index (κ2) is 6.05. The van der Waals surface area contributed by atoms with E-state index in [1.807, 2.05) is 23.1 Å². The van der Waals surface area contributed by atoms with E-state index in [-0.39, 0.29) is 11.7 Å². The largest absolute Gasteiger partial charge is 0.336 e. The molecule has 122 valence electrons. The molecule has 2 N–H and O–H groups in total.